The summed E-state index contributed by atoms with van der Waals surface area (Å²) in [5.41, 5.74) is 0. The highest BCUT2D eigenvalue weighted by atomic mass is 35.5. The zero-order valence-electron chi connectivity index (χ0n) is 6.55. The smallest absolute Gasteiger partial charge is 0.0620 e. The Hall–Kier alpha value is -0.0500. The summed E-state index contributed by atoms with van der Waals surface area (Å²) in [5.74, 6) is 0.600. The van der Waals surface area contributed by atoms with Gasteiger partial charge in [0.25, 0.3) is 0 Å². The maximum Gasteiger partial charge on any atom is 0.0620 e. The molecule has 1 fully saturated rings. The van der Waals surface area contributed by atoms with E-state index in [2.05, 4.69) is 5.32 Å². The minimum atomic E-state index is 0.551. The van der Waals surface area contributed by atoms with Crippen LogP contribution in [-0.4, -0.2) is 31.7 Å². The molecule has 64 valence electrons. The van der Waals surface area contributed by atoms with E-state index in [9.17, 15) is 0 Å². The average molecular weight is 176 g/mol. The predicted octanol–water partition coefficient (Wildman–Crippen LogP) is 1.16. The van der Waals surface area contributed by atoms with Crippen LogP contribution in [0, 0.1) is 0 Å². The van der Waals surface area contributed by atoms with Gasteiger partial charge in [-0.15, -0.1) is 11.6 Å². The van der Waals surface area contributed by atoms with E-state index in [0.29, 0.717) is 11.9 Å². The molecule has 1 atom stereocenters. The highest BCUT2D eigenvalue weighted by Gasteiger charge is 2.12. The number of allylic oxidation sites excluding steroid dienone is 1. The van der Waals surface area contributed by atoms with Crippen LogP contribution in [0.15, 0.2) is 12.2 Å². The lowest BCUT2D eigenvalue weighted by atomic mass is 10.2. The van der Waals surface area contributed by atoms with Crippen molar-refractivity contribution in [2.24, 2.45) is 0 Å². The van der Waals surface area contributed by atoms with Gasteiger partial charge in [-0.05, 0) is 6.42 Å². The van der Waals surface area contributed by atoms with Gasteiger partial charge in [-0.2, -0.15) is 0 Å². The summed E-state index contributed by atoms with van der Waals surface area (Å²) in [5, 5.41) is 3.35. The largest absolute Gasteiger partial charge is 0.380 e. The number of ether oxygens (including phenoxy) is 1. The second-order valence-electron chi connectivity index (χ2n) is 2.59. The van der Waals surface area contributed by atoms with E-state index in [4.69, 9.17) is 16.3 Å². The molecule has 3 heteroatoms. The highest BCUT2D eigenvalue weighted by Crippen LogP contribution is 2.02. The molecule has 0 saturated carbocycles. The van der Waals surface area contributed by atoms with Crippen LogP contribution in [0.4, 0.5) is 0 Å². The Labute approximate surface area is 72.6 Å². The van der Waals surface area contributed by atoms with Crippen molar-refractivity contribution in [1.82, 2.24) is 5.32 Å². The average Bonchev–Trinajstić information content (AvgIpc) is 2.50. The van der Waals surface area contributed by atoms with Crippen molar-refractivity contribution in [3.05, 3.63) is 12.2 Å². The summed E-state index contributed by atoms with van der Waals surface area (Å²) >= 11 is 5.46. The topological polar surface area (TPSA) is 21.3 Å². The van der Waals surface area contributed by atoms with E-state index in [0.717, 1.165) is 26.2 Å². The van der Waals surface area contributed by atoms with Gasteiger partial charge < -0.3 is 10.1 Å². The number of halogens is 1. The quantitative estimate of drug-likeness (QED) is 0.512. The normalized spacial score (nSPS) is 25.0. The van der Waals surface area contributed by atoms with Crippen LogP contribution in [0.5, 0.6) is 0 Å². The van der Waals surface area contributed by atoms with Crippen molar-refractivity contribution >= 4 is 11.6 Å². The van der Waals surface area contributed by atoms with Crippen molar-refractivity contribution in [2.45, 2.75) is 12.5 Å². The third-order valence-electron chi connectivity index (χ3n) is 1.71. The Morgan fingerprint density at radius 1 is 1.55 bits per heavy atom. The first-order valence-electron chi connectivity index (χ1n) is 3.95. The van der Waals surface area contributed by atoms with Crippen molar-refractivity contribution in [3.8, 4) is 0 Å². The number of hydrogen-bond donors (Lipinski definition) is 1. The van der Waals surface area contributed by atoms with Crippen LogP contribution in [0.1, 0.15) is 6.42 Å². The van der Waals surface area contributed by atoms with Gasteiger partial charge in [0, 0.05) is 25.1 Å². The maximum absolute atomic E-state index is 5.46. The molecular weight excluding hydrogens is 162 g/mol. The van der Waals surface area contributed by atoms with Crippen LogP contribution < -0.4 is 5.32 Å². The molecule has 1 unspecified atom stereocenters. The first-order valence-corrected chi connectivity index (χ1v) is 4.49. The molecule has 1 aliphatic rings. The fraction of sp³-hybridized carbons (Fsp3) is 0.750. The SMILES string of the molecule is ClC/C=C/CNC1CCOC1. The van der Waals surface area contributed by atoms with Gasteiger partial charge in [0.2, 0.25) is 0 Å². The van der Waals surface area contributed by atoms with Gasteiger partial charge in [0.1, 0.15) is 0 Å². The molecule has 1 N–H and O–H groups in total. The summed E-state index contributed by atoms with van der Waals surface area (Å²) in [6, 6.07) is 0.551. The first kappa shape index (κ1) is 9.04. The Bertz CT molecular complexity index is 121. The number of hydrogen-bond acceptors (Lipinski definition) is 2. The lowest BCUT2D eigenvalue weighted by Gasteiger charge is -2.06. The molecule has 1 saturated heterocycles. The van der Waals surface area contributed by atoms with Crippen molar-refractivity contribution in [1.29, 1.82) is 0 Å². The number of nitrogens with one attached hydrogen (secondary N) is 1. The molecule has 0 amide bonds. The molecule has 2 nitrogen and oxygen atoms in total. The summed E-state index contributed by atoms with van der Waals surface area (Å²) in [6.45, 7) is 2.66. The Morgan fingerprint density at radius 3 is 3.09 bits per heavy atom. The zero-order chi connectivity index (χ0) is 7.94. The third kappa shape index (κ3) is 3.75. The second kappa shape index (κ2) is 5.58. The summed E-state index contributed by atoms with van der Waals surface area (Å²) in [6.07, 6.45) is 5.13. The number of rotatable bonds is 4. The molecule has 1 rings (SSSR count). The molecule has 0 aliphatic carbocycles. The molecule has 1 aliphatic heterocycles. The fourth-order valence-corrected chi connectivity index (χ4v) is 1.20. The van der Waals surface area contributed by atoms with Crippen LogP contribution in [0.3, 0.4) is 0 Å². The van der Waals surface area contributed by atoms with Crippen molar-refractivity contribution in [3.63, 3.8) is 0 Å². The van der Waals surface area contributed by atoms with E-state index in [-0.39, 0.29) is 0 Å². The van der Waals surface area contributed by atoms with E-state index < -0.39 is 0 Å². The van der Waals surface area contributed by atoms with Gasteiger partial charge in [-0.25, -0.2) is 0 Å². The molecule has 0 bridgehead atoms. The van der Waals surface area contributed by atoms with Crippen LogP contribution in [0.25, 0.3) is 0 Å². The number of alkyl halides is 1. The van der Waals surface area contributed by atoms with E-state index in [1.165, 1.54) is 0 Å². The minimum absolute atomic E-state index is 0.551. The molecule has 0 aromatic rings. The standard InChI is InChI=1S/C8H14ClNO/c9-4-1-2-5-10-8-3-6-11-7-8/h1-2,8,10H,3-7H2/b2-1+. The van der Waals surface area contributed by atoms with E-state index >= 15 is 0 Å². The Kier molecular flexibility index (Phi) is 4.59. The van der Waals surface area contributed by atoms with Gasteiger partial charge in [-0.3, -0.25) is 0 Å². The lowest BCUT2D eigenvalue weighted by molar-refractivity contribution is 0.190. The van der Waals surface area contributed by atoms with Crippen LogP contribution in [0.2, 0.25) is 0 Å². The van der Waals surface area contributed by atoms with Gasteiger partial charge >= 0.3 is 0 Å². The summed E-state index contributed by atoms with van der Waals surface area (Å²) < 4.78 is 5.20. The molecule has 0 radical (unpaired) electrons. The van der Waals surface area contributed by atoms with Crippen LogP contribution >= 0.6 is 11.6 Å². The minimum Gasteiger partial charge on any atom is -0.380 e. The summed E-state index contributed by atoms with van der Waals surface area (Å²) in [4.78, 5) is 0. The first-order chi connectivity index (χ1) is 5.43. The third-order valence-corrected chi connectivity index (χ3v) is 1.89. The zero-order valence-corrected chi connectivity index (χ0v) is 7.31. The lowest BCUT2D eigenvalue weighted by Crippen LogP contribution is -2.29. The molecule has 0 aromatic heterocycles. The van der Waals surface area contributed by atoms with Gasteiger partial charge in [0.15, 0.2) is 0 Å². The van der Waals surface area contributed by atoms with Gasteiger partial charge in [0.05, 0.1) is 6.61 Å². The fourth-order valence-electron chi connectivity index (χ4n) is 1.08. The highest BCUT2D eigenvalue weighted by molar-refractivity contribution is 6.18. The Balaban J connectivity index is 1.97. The second-order valence-corrected chi connectivity index (χ2v) is 2.90. The Morgan fingerprint density at radius 2 is 2.45 bits per heavy atom. The molecule has 0 spiro atoms. The molecule has 11 heavy (non-hydrogen) atoms. The maximum atomic E-state index is 5.46. The van der Waals surface area contributed by atoms with E-state index in [1.54, 1.807) is 0 Å². The van der Waals surface area contributed by atoms with Crippen molar-refractivity contribution < 1.29 is 4.74 Å². The monoisotopic (exact) mass is 175 g/mol. The van der Waals surface area contributed by atoms with E-state index in [1.807, 2.05) is 12.2 Å². The molecule has 0 aromatic carbocycles. The predicted molar refractivity (Wildman–Crippen MR) is 47.1 cm³/mol. The summed E-state index contributed by atoms with van der Waals surface area (Å²) in [7, 11) is 0. The molecular formula is C8H14ClNO. The van der Waals surface area contributed by atoms with Crippen LogP contribution in [-0.2, 0) is 4.74 Å². The van der Waals surface area contributed by atoms with Crippen molar-refractivity contribution in [2.75, 3.05) is 25.6 Å². The van der Waals surface area contributed by atoms with Gasteiger partial charge in [-0.1, -0.05) is 12.2 Å². The molecule has 1 heterocycles.